The number of hydrogen-bond donors (Lipinski definition) is 1. The monoisotopic (exact) mass is 388 g/mol. The molecule has 5 heteroatoms. The van der Waals surface area contributed by atoms with Crippen LogP contribution in [0.25, 0.3) is 0 Å². The molecule has 0 aliphatic rings. The first-order chi connectivity index (χ1) is 9.10. The smallest absolute Gasteiger partial charge is 0.166 e. The molecule has 0 heterocycles. The van der Waals surface area contributed by atoms with Gasteiger partial charge in [0.15, 0.2) is 11.6 Å². The Morgan fingerprint density at radius 2 is 1.68 bits per heavy atom. The average molecular weight is 390 g/mol. The summed E-state index contributed by atoms with van der Waals surface area (Å²) in [6.45, 7) is 0.128. The lowest BCUT2D eigenvalue weighted by Crippen LogP contribution is -2.01. The largest absolute Gasteiger partial charge is 0.486 e. The molecule has 0 unspecified atom stereocenters. The molecule has 0 amide bonds. The van der Waals surface area contributed by atoms with Gasteiger partial charge in [-0.2, -0.15) is 0 Å². The highest BCUT2D eigenvalue weighted by Crippen LogP contribution is 2.23. The van der Waals surface area contributed by atoms with Gasteiger partial charge in [0.2, 0.25) is 0 Å². The topological polar surface area (TPSA) is 29.5 Å². The first-order valence-corrected chi connectivity index (χ1v) is 7.15. The summed E-state index contributed by atoms with van der Waals surface area (Å²) in [4.78, 5) is 0. The minimum Gasteiger partial charge on any atom is -0.486 e. The van der Waals surface area contributed by atoms with Gasteiger partial charge in [0, 0.05) is 8.95 Å². The van der Waals surface area contributed by atoms with Gasteiger partial charge in [-0.25, -0.2) is 4.39 Å². The van der Waals surface area contributed by atoms with Crippen LogP contribution in [0.3, 0.4) is 0 Å². The Bertz CT molecular complexity index is 588. The van der Waals surface area contributed by atoms with Crippen molar-refractivity contribution in [2.75, 3.05) is 0 Å². The Balaban J connectivity index is 2.14. The first-order valence-electron chi connectivity index (χ1n) is 5.56. The van der Waals surface area contributed by atoms with Crippen molar-refractivity contribution in [2.45, 2.75) is 13.2 Å². The minimum absolute atomic E-state index is 0.0824. The van der Waals surface area contributed by atoms with Gasteiger partial charge in [-0.15, -0.1) is 0 Å². The number of aliphatic hydroxyl groups is 1. The summed E-state index contributed by atoms with van der Waals surface area (Å²) >= 11 is 6.52. The van der Waals surface area contributed by atoms with Gasteiger partial charge in [-0.1, -0.05) is 37.9 Å². The number of benzene rings is 2. The summed E-state index contributed by atoms with van der Waals surface area (Å²) in [7, 11) is 0. The SMILES string of the molecule is OCc1cc(Br)ccc1COc1ccc(Br)cc1F. The maximum absolute atomic E-state index is 13.6. The Hall–Kier alpha value is -0.910. The normalized spacial score (nSPS) is 10.5. The second kappa shape index (κ2) is 6.50. The van der Waals surface area contributed by atoms with Crippen molar-refractivity contribution in [3.8, 4) is 5.75 Å². The Kier molecular flexibility index (Phi) is 4.96. The number of aliphatic hydroxyl groups excluding tert-OH is 1. The fraction of sp³-hybridized carbons (Fsp3) is 0.143. The van der Waals surface area contributed by atoms with E-state index in [1.165, 1.54) is 6.07 Å². The van der Waals surface area contributed by atoms with Crippen molar-refractivity contribution in [3.05, 3.63) is 62.3 Å². The zero-order chi connectivity index (χ0) is 13.8. The number of halogens is 3. The van der Waals surface area contributed by atoms with Crippen LogP contribution in [0.5, 0.6) is 5.75 Å². The molecule has 0 spiro atoms. The molecule has 19 heavy (non-hydrogen) atoms. The molecule has 1 N–H and O–H groups in total. The van der Waals surface area contributed by atoms with Crippen LogP contribution in [0.1, 0.15) is 11.1 Å². The zero-order valence-corrected chi connectivity index (χ0v) is 13.0. The van der Waals surface area contributed by atoms with E-state index < -0.39 is 5.82 Å². The van der Waals surface area contributed by atoms with Crippen LogP contribution in [0, 0.1) is 5.82 Å². The van der Waals surface area contributed by atoms with E-state index >= 15 is 0 Å². The quantitative estimate of drug-likeness (QED) is 0.838. The van der Waals surface area contributed by atoms with Crippen LogP contribution in [0.15, 0.2) is 45.3 Å². The Morgan fingerprint density at radius 1 is 1.00 bits per heavy atom. The Morgan fingerprint density at radius 3 is 2.37 bits per heavy atom. The molecular formula is C14H11Br2FO2. The highest BCUT2D eigenvalue weighted by molar-refractivity contribution is 9.10. The maximum atomic E-state index is 13.6. The highest BCUT2D eigenvalue weighted by atomic mass is 79.9. The molecule has 2 nitrogen and oxygen atoms in total. The summed E-state index contributed by atoms with van der Waals surface area (Å²) in [5.74, 6) is -0.230. The summed E-state index contributed by atoms with van der Waals surface area (Å²) in [6, 6.07) is 10.1. The van der Waals surface area contributed by atoms with Crippen molar-refractivity contribution in [1.82, 2.24) is 0 Å². The Labute approximate surface area is 127 Å². The lowest BCUT2D eigenvalue weighted by molar-refractivity contribution is 0.265. The van der Waals surface area contributed by atoms with Crippen LogP contribution < -0.4 is 4.74 Å². The van der Waals surface area contributed by atoms with Crippen LogP contribution in [0.2, 0.25) is 0 Å². The molecule has 0 aliphatic heterocycles. The number of ether oxygens (including phenoxy) is 1. The molecule has 0 radical (unpaired) electrons. The molecule has 0 fully saturated rings. The third kappa shape index (κ3) is 3.78. The molecular weight excluding hydrogens is 379 g/mol. The van der Waals surface area contributed by atoms with E-state index in [1.54, 1.807) is 12.1 Å². The summed E-state index contributed by atoms with van der Waals surface area (Å²) in [6.07, 6.45) is 0. The molecule has 0 saturated carbocycles. The first kappa shape index (κ1) is 14.5. The van der Waals surface area contributed by atoms with Crippen molar-refractivity contribution in [1.29, 1.82) is 0 Å². The van der Waals surface area contributed by atoms with E-state index in [9.17, 15) is 9.50 Å². The third-order valence-electron chi connectivity index (χ3n) is 2.62. The van der Waals surface area contributed by atoms with Crippen molar-refractivity contribution < 1.29 is 14.2 Å². The second-order valence-corrected chi connectivity index (χ2v) is 5.77. The predicted molar refractivity (Wildman–Crippen MR) is 78.5 cm³/mol. The molecule has 2 rings (SSSR count). The molecule has 2 aromatic carbocycles. The van der Waals surface area contributed by atoms with E-state index in [0.29, 0.717) is 4.47 Å². The van der Waals surface area contributed by atoms with Gasteiger partial charge in [-0.05, 0) is 41.5 Å². The van der Waals surface area contributed by atoms with Gasteiger partial charge in [0.1, 0.15) is 6.61 Å². The van der Waals surface area contributed by atoms with Gasteiger partial charge in [0.25, 0.3) is 0 Å². The van der Waals surface area contributed by atoms with Crippen molar-refractivity contribution >= 4 is 31.9 Å². The van der Waals surface area contributed by atoms with Gasteiger partial charge >= 0.3 is 0 Å². The zero-order valence-electron chi connectivity index (χ0n) is 9.87. The lowest BCUT2D eigenvalue weighted by Gasteiger charge is -2.11. The number of hydrogen-bond acceptors (Lipinski definition) is 2. The lowest BCUT2D eigenvalue weighted by atomic mass is 10.1. The average Bonchev–Trinajstić information content (AvgIpc) is 2.39. The molecule has 0 atom stereocenters. The predicted octanol–water partition coefficient (Wildman–Crippen LogP) is 4.42. The van der Waals surface area contributed by atoms with Crippen LogP contribution >= 0.6 is 31.9 Å². The van der Waals surface area contributed by atoms with Crippen LogP contribution in [0.4, 0.5) is 4.39 Å². The highest BCUT2D eigenvalue weighted by Gasteiger charge is 2.07. The second-order valence-electron chi connectivity index (χ2n) is 3.93. The summed E-state index contributed by atoms with van der Waals surface area (Å²) in [5, 5.41) is 9.27. The molecule has 2 aromatic rings. The van der Waals surface area contributed by atoms with Crippen LogP contribution in [-0.2, 0) is 13.2 Å². The van der Waals surface area contributed by atoms with E-state index in [-0.39, 0.29) is 19.0 Å². The van der Waals surface area contributed by atoms with E-state index in [0.717, 1.165) is 15.6 Å². The molecule has 100 valence electrons. The molecule has 0 saturated heterocycles. The fourth-order valence-electron chi connectivity index (χ4n) is 1.63. The number of rotatable bonds is 4. The van der Waals surface area contributed by atoms with E-state index in [4.69, 9.17) is 4.74 Å². The minimum atomic E-state index is -0.419. The third-order valence-corrected chi connectivity index (χ3v) is 3.60. The van der Waals surface area contributed by atoms with Gasteiger partial charge < -0.3 is 9.84 Å². The molecule has 0 aliphatic carbocycles. The van der Waals surface area contributed by atoms with Crippen molar-refractivity contribution in [3.63, 3.8) is 0 Å². The molecule has 0 bridgehead atoms. The maximum Gasteiger partial charge on any atom is 0.166 e. The standard InChI is InChI=1S/C14H11Br2FO2/c15-11-2-1-9(10(5-11)7-18)8-19-14-4-3-12(16)6-13(14)17/h1-6,18H,7-8H2. The summed E-state index contributed by atoms with van der Waals surface area (Å²) in [5.41, 5.74) is 1.58. The molecule has 0 aromatic heterocycles. The summed E-state index contributed by atoms with van der Waals surface area (Å²) < 4.78 is 20.6. The van der Waals surface area contributed by atoms with E-state index in [2.05, 4.69) is 31.9 Å². The van der Waals surface area contributed by atoms with Crippen LogP contribution in [-0.4, -0.2) is 5.11 Å². The van der Waals surface area contributed by atoms with Gasteiger partial charge in [0.05, 0.1) is 6.61 Å². The van der Waals surface area contributed by atoms with Crippen molar-refractivity contribution in [2.24, 2.45) is 0 Å². The van der Waals surface area contributed by atoms with E-state index in [1.807, 2.05) is 18.2 Å². The fourth-order valence-corrected chi connectivity index (χ4v) is 2.37. The van der Waals surface area contributed by atoms with Gasteiger partial charge in [-0.3, -0.25) is 0 Å².